The molecule has 9 heteroatoms. The van der Waals surface area contributed by atoms with E-state index in [4.69, 9.17) is 4.74 Å². The number of carbonyl (C=O) groups is 2. The number of ether oxygens (including phenoxy) is 1. The molecule has 1 atom stereocenters. The van der Waals surface area contributed by atoms with Gasteiger partial charge in [-0.2, -0.15) is 0 Å². The van der Waals surface area contributed by atoms with Gasteiger partial charge in [0.25, 0.3) is 0 Å². The number of hydrogen-bond acceptors (Lipinski definition) is 4. The highest BCUT2D eigenvalue weighted by atomic mass is 19.1. The molecule has 0 aliphatic carbocycles. The first-order chi connectivity index (χ1) is 13.5. The second-order valence-electron chi connectivity index (χ2n) is 7.03. The van der Waals surface area contributed by atoms with Crippen molar-refractivity contribution in [1.82, 2.24) is 14.7 Å². The van der Waals surface area contributed by atoms with Crippen LogP contribution in [0, 0.1) is 11.6 Å². The summed E-state index contributed by atoms with van der Waals surface area (Å²) >= 11 is 0. The number of urea groups is 1. The minimum atomic E-state index is -0.808. The minimum Gasteiger partial charge on any atom is -0.383 e. The quantitative estimate of drug-likeness (QED) is 0.824. The summed E-state index contributed by atoms with van der Waals surface area (Å²) in [5, 5.41) is 2.33. The molecule has 0 saturated carbocycles. The lowest BCUT2D eigenvalue weighted by Crippen LogP contribution is -2.44. The van der Waals surface area contributed by atoms with Gasteiger partial charge >= 0.3 is 6.03 Å². The topological polar surface area (TPSA) is 65.1 Å². The second kappa shape index (κ2) is 9.29. The monoisotopic (exact) mass is 396 g/mol. The molecule has 0 aromatic heterocycles. The number of para-hydroxylation sites is 1. The van der Waals surface area contributed by atoms with Crippen LogP contribution in [-0.4, -0.2) is 85.7 Å². The Hall–Kier alpha value is -2.26. The van der Waals surface area contributed by atoms with Gasteiger partial charge in [0.1, 0.15) is 17.3 Å². The lowest BCUT2D eigenvalue weighted by molar-refractivity contribution is -0.132. The molecular weight excluding hydrogens is 370 g/mol. The van der Waals surface area contributed by atoms with Crippen LogP contribution >= 0.6 is 0 Å². The number of methoxy groups -OCH3 is 1. The third-order valence-corrected chi connectivity index (χ3v) is 5.29. The molecule has 2 fully saturated rings. The Morgan fingerprint density at radius 3 is 2.64 bits per heavy atom. The lowest BCUT2D eigenvalue weighted by atomic mass is 10.2. The van der Waals surface area contributed by atoms with Gasteiger partial charge < -0.3 is 19.9 Å². The first kappa shape index (κ1) is 20.5. The molecule has 2 aliphatic heterocycles. The zero-order valence-corrected chi connectivity index (χ0v) is 16.0. The van der Waals surface area contributed by atoms with Crippen LogP contribution in [0.25, 0.3) is 0 Å². The number of anilines is 1. The molecule has 1 N–H and O–H groups in total. The van der Waals surface area contributed by atoms with Crippen LogP contribution < -0.4 is 5.32 Å². The number of nitrogens with one attached hydrogen (secondary N) is 1. The van der Waals surface area contributed by atoms with Gasteiger partial charge in [-0.05, 0) is 25.0 Å². The van der Waals surface area contributed by atoms with Crippen molar-refractivity contribution in [2.24, 2.45) is 0 Å². The third kappa shape index (κ3) is 4.59. The number of carbonyl (C=O) groups excluding carboxylic acids is 2. The van der Waals surface area contributed by atoms with E-state index in [1.165, 1.54) is 11.0 Å². The number of likely N-dealkylation sites (tertiary alicyclic amines) is 1. The van der Waals surface area contributed by atoms with Crippen molar-refractivity contribution in [2.45, 2.75) is 18.9 Å². The van der Waals surface area contributed by atoms with Crippen LogP contribution in [0.1, 0.15) is 12.8 Å². The Morgan fingerprint density at radius 1 is 1.18 bits per heavy atom. The van der Waals surface area contributed by atoms with Gasteiger partial charge in [-0.25, -0.2) is 13.6 Å². The second-order valence-corrected chi connectivity index (χ2v) is 7.03. The highest BCUT2D eigenvalue weighted by molar-refractivity contribution is 5.89. The summed E-state index contributed by atoms with van der Waals surface area (Å²) in [6.45, 7) is 3.91. The van der Waals surface area contributed by atoms with E-state index in [1.54, 1.807) is 7.11 Å². The van der Waals surface area contributed by atoms with E-state index in [2.05, 4.69) is 10.2 Å². The van der Waals surface area contributed by atoms with Crippen LogP contribution in [0.15, 0.2) is 18.2 Å². The molecule has 0 bridgehead atoms. The molecule has 2 aliphatic rings. The third-order valence-electron chi connectivity index (χ3n) is 5.29. The number of benzene rings is 1. The van der Waals surface area contributed by atoms with E-state index < -0.39 is 23.4 Å². The summed E-state index contributed by atoms with van der Waals surface area (Å²) in [5.74, 6) is -1.52. The zero-order chi connectivity index (χ0) is 20.1. The Kier molecular flexibility index (Phi) is 6.79. The van der Waals surface area contributed by atoms with Gasteiger partial charge in [0.2, 0.25) is 5.91 Å². The molecule has 0 radical (unpaired) electrons. The summed E-state index contributed by atoms with van der Waals surface area (Å²) in [6.07, 6.45) is 1.45. The Bertz CT molecular complexity index is 698. The molecule has 1 aromatic rings. The van der Waals surface area contributed by atoms with Gasteiger partial charge in [-0.3, -0.25) is 9.69 Å². The molecular formula is C19H26F2N4O3. The van der Waals surface area contributed by atoms with Crippen molar-refractivity contribution in [1.29, 1.82) is 0 Å². The van der Waals surface area contributed by atoms with E-state index in [0.717, 1.165) is 18.6 Å². The van der Waals surface area contributed by atoms with Crippen LogP contribution in [0.3, 0.4) is 0 Å². The maximum absolute atomic E-state index is 13.8. The van der Waals surface area contributed by atoms with Gasteiger partial charge in [0.15, 0.2) is 0 Å². The number of hydrogen-bond donors (Lipinski definition) is 1. The summed E-state index contributed by atoms with van der Waals surface area (Å²) in [6, 6.07) is 2.74. The number of rotatable bonds is 5. The number of amides is 3. The van der Waals surface area contributed by atoms with E-state index in [0.29, 0.717) is 52.3 Å². The average molecular weight is 396 g/mol. The molecule has 3 amide bonds. The minimum absolute atomic E-state index is 0.100. The van der Waals surface area contributed by atoms with E-state index >= 15 is 0 Å². The maximum Gasteiger partial charge on any atom is 0.322 e. The van der Waals surface area contributed by atoms with E-state index in [-0.39, 0.29) is 11.9 Å². The van der Waals surface area contributed by atoms with Crippen molar-refractivity contribution < 1.29 is 23.1 Å². The Labute approximate surface area is 163 Å². The lowest BCUT2D eigenvalue weighted by Gasteiger charge is -2.26. The smallest absolute Gasteiger partial charge is 0.322 e. The molecule has 0 unspecified atom stereocenters. The van der Waals surface area contributed by atoms with E-state index in [1.807, 2.05) is 4.90 Å². The van der Waals surface area contributed by atoms with Crippen LogP contribution in [0.4, 0.5) is 19.3 Å². The fourth-order valence-corrected chi connectivity index (χ4v) is 3.74. The number of nitrogens with zero attached hydrogens (tertiary/aromatic N) is 3. The molecule has 2 heterocycles. The highest BCUT2D eigenvalue weighted by Crippen LogP contribution is 2.21. The van der Waals surface area contributed by atoms with Crippen LogP contribution in [0.2, 0.25) is 0 Å². The van der Waals surface area contributed by atoms with Gasteiger partial charge in [-0.15, -0.1) is 0 Å². The fraction of sp³-hybridized carbons (Fsp3) is 0.579. The first-order valence-corrected chi connectivity index (χ1v) is 9.53. The maximum atomic E-state index is 13.8. The number of halogens is 2. The molecule has 0 spiro atoms. The largest absolute Gasteiger partial charge is 0.383 e. The van der Waals surface area contributed by atoms with Crippen molar-refractivity contribution >= 4 is 17.6 Å². The Morgan fingerprint density at radius 2 is 1.93 bits per heavy atom. The normalized spacial score (nSPS) is 21.1. The molecule has 1 aromatic carbocycles. The Balaban J connectivity index is 1.56. The SMILES string of the molecule is COCCN1CC[C@@H](N2CCCN(C(=O)Nc3c(F)cccc3F)CC2)C1=O. The standard InChI is InChI=1S/C19H26F2N4O3/c1-28-13-12-24-9-6-16(18(24)26)23-7-3-8-25(11-10-23)19(27)22-17-14(20)4-2-5-15(17)21/h2,4-5,16H,3,6-13H2,1H3,(H,22,27)/t16-/m1/s1. The molecule has 154 valence electrons. The van der Waals surface area contributed by atoms with Gasteiger partial charge in [-0.1, -0.05) is 6.07 Å². The molecule has 3 rings (SSSR count). The molecule has 2 saturated heterocycles. The molecule has 28 heavy (non-hydrogen) atoms. The van der Waals surface area contributed by atoms with Crippen LogP contribution in [-0.2, 0) is 9.53 Å². The predicted octanol–water partition coefficient (Wildman–Crippen LogP) is 1.75. The van der Waals surface area contributed by atoms with Crippen molar-refractivity contribution in [3.63, 3.8) is 0 Å². The average Bonchev–Trinajstić information content (AvgIpc) is 2.89. The van der Waals surface area contributed by atoms with Gasteiger partial charge in [0.05, 0.1) is 12.6 Å². The highest BCUT2D eigenvalue weighted by Gasteiger charge is 2.36. The summed E-state index contributed by atoms with van der Waals surface area (Å²) < 4.78 is 32.6. The van der Waals surface area contributed by atoms with E-state index in [9.17, 15) is 18.4 Å². The first-order valence-electron chi connectivity index (χ1n) is 9.53. The van der Waals surface area contributed by atoms with Crippen molar-refractivity contribution in [3.8, 4) is 0 Å². The predicted molar refractivity (Wildman–Crippen MR) is 100 cm³/mol. The van der Waals surface area contributed by atoms with Crippen LogP contribution in [0.5, 0.6) is 0 Å². The summed E-state index contributed by atoms with van der Waals surface area (Å²) in [7, 11) is 1.61. The zero-order valence-electron chi connectivity index (χ0n) is 16.0. The molecule has 7 nitrogen and oxygen atoms in total. The fourth-order valence-electron chi connectivity index (χ4n) is 3.74. The van der Waals surface area contributed by atoms with Gasteiger partial charge in [0, 0.05) is 46.4 Å². The van der Waals surface area contributed by atoms with Crippen molar-refractivity contribution in [2.75, 3.05) is 58.3 Å². The summed E-state index contributed by atoms with van der Waals surface area (Å²) in [5.41, 5.74) is -0.437. The summed E-state index contributed by atoms with van der Waals surface area (Å²) in [4.78, 5) is 30.5. The van der Waals surface area contributed by atoms with Crippen molar-refractivity contribution in [3.05, 3.63) is 29.8 Å².